The Kier molecular flexibility index (Phi) is 7.38. The largest absolute Gasteiger partial charge is 0.493 e. The molecule has 0 aliphatic carbocycles. The van der Waals surface area contributed by atoms with E-state index in [2.05, 4.69) is 10.5 Å². The van der Waals surface area contributed by atoms with E-state index in [1.807, 2.05) is 30.3 Å². The molecule has 0 saturated carbocycles. The minimum atomic E-state index is -0.532. The van der Waals surface area contributed by atoms with E-state index in [1.54, 1.807) is 37.4 Å². The molecule has 0 unspecified atom stereocenters. The quantitative estimate of drug-likeness (QED) is 0.430. The summed E-state index contributed by atoms with van der Waals surface area (Å²) >= 11 is 0. The Morgan fingerprint density at radius 2 is 1.73 bits per heavy atom. The van der Waals surface area contributed by atoms with Gasteiger partial charge in [0, 0.05) is 0 Å². The molecular formula is C23H21FN2O4. The number of amides is 1. The molecule has 3 rings (SSSR count). The van der Waals surface area contributed by atoms with Crippen LogP contribution in [0.4, 0.5) is 4.39 Å². The van der Waals surface area contributed by atoms with Crippen molar-refractivity contribution in [2.24, 2.45) is 5.10 Å². The summed E-state index contributed by atoms with van der Waals surface area (Å²) in [6, 6.07) is 21.0. The number of hydrogen-bond donors (Lipinski definition) is 1. The van der Waals surface area contributed by atoms with E-state index in [-0.39, 0.29) is 12.4 Å². The highest BCUT2D eigenvalue weighted by Gasteiger charge is 2.07. The molecule has 0 bridgehead atoms. The van der Waals surface area contributed by atoms with Gasteiger partial charge < -0.3 is 14.2 Å². The number of methoxy groups -OCH3 is 1. The van der Waals surface area contributed by atoms with Gasteiger partial charge >= 0.3 is 0 Å². The van der Waals surface area contributed by atoms with Crippen LogP contribution in [-0.2, 0) is 11.4 Å². The highest BCUT2D eigenvalue weighted by molar-refractivity contribution is 5.83. The van der Waals surface area contributed by atoms with Gasteiger partial charge in [0.2, 0.25) is 0 Å². The fraction of sp³-hybridized carbons (Fsp3) is 0.130. The molecule has 0 aliphatic heterocycles. The van der Waals surface area contributed by atoms with Crippen molar-refractivity contribution < 1.29 is 23.4 Å². The maximum absolute atomic E-state index is 13.5. The van der Waals surface area contributed by atoms with Gasteiger partial charge in [-0.2, -0.15) is 5.10 Å². The third-order valence-corrected chi connectivity index (χ3v) is 4.02. The van der Waals surface area contributed by atoms with Gasteiger partial charge in [0.25, 0.3) is 5.91 Å². The van der Waals surface area contributed by atoms with Crippen molar-refractivity contribution in [2.75, 3.05) is 13.7 Å². The van der Waals surface area contributed by atoms with Gasteiger partial charge in [-0.05, 0) is 41.5 Å². The van der Waals surface area contributed by atoms with Gasteiger partial charge in [-0.1, -0.05) is 42.5 Å². The number of nitrogens with one attached hydrogen (secondary N) is 1. The van der Waals surface area contributed by atoms with Gasteiger partial charge in [0.15, 0.2) is 29.7 Å². The molecule has 1 amide bonds. The fourth-order valence-electron chi connectivity index (χ4n) is 2.54. The molecule has 0 radical (unpaired) electrons. The average molecular weight is 408 g/mol. The average Bonchev–Trinajstić information content (AvgIpc) is 2.78. The first-order valence-electron chi connectivity index (χ1n) is 9.19. The lowest BCUT2D eigenvalue weighted by molar-refractivity contribution is -0.123. The zero-order chi connectivity index (χ0) is 21.2. The van der Waals surface area contributed by atoms with Crippen LogP contribution < -0.4 is 19.6 Å². The maximum atomic E-state index is 13.5. The molecule has 3 aromatic rings. The van der Waals surface area contributed by atoms with Crippen LogP contribution >= 0.6 is 0 Å². The standard InChI is InChI=1S/C23H21FN2O4/c1-28-22-13-18(11-12-21(22)29-15-17-7-3-2-4-8-17)14-25-26-23(27)16-30-20-10-6-5-9-19(20)24/h2-14H,15-16H2,1H3,(H,26,27)/b25-14-. The highest BCUT2D eigenvalue weighted by atomic mass is 19.1. The Morgan fingerprint density at radius 1 is 0.967 bits per heavy atom. The van der Waals surface area contributed by atoms with Crippen molar-refractivity contribution in [3.8, 4) is 17.2 Å². The van der Waals surface area contributed by atoms with Gasteiger partial charge in [0.05, 0.1) is 13.3 Å². The Bertz CT molecular complexity index is 1010. The van der Waals surface area contributed by atoms with Crippen molar-refractivity contribution in [3.05, 3.63) is 89.7 Å². The van der Waals surface area contributed by atoms with Crippen LogP contribution in [-0.4, -0.2) is 25.8 Å². The van der Waals surface area contributed by atoms with Crippen LogP contribution in [0.1, 0.15) is 11.1 Å². The zero-order valence-corrected chi connectivity index (χ0v) is 16.4. The van der Waals surface area contributed by atoms with Crippen LogP contribution in [0.25, 0.3) is 0 Å². The molecule has 0 fully saturated rings. The molecule has 6 nitrogen and oxygen atoms in total. The number of carbonyl (C=O) groups excluding carboxylic acids is 1. The topological polar surface area (TPSA) is 69.2 Å². The smallest absolute Gasteiger partial charge is 0.277 e. The summed E-state index contributed by atoms with van der Waals surface area (Å²) in [6.45, 7) is 0.0660. The number of hydrazone groups is 1. The molecule has 30 heavy (non-hydrogen) atoms. The zero-order valence-electron chi connectivity index (χ0n) is 16.4. The summed E-state index contributed by atoms with van der Waals surface area (Å²) in [4.78, 5) is 11.8. The Balaban J connectivity index is 1.52. The van der Waals surface area contributed by atoms with Gasteiger partial charge in [-0.3, -0.25) is 4.79 Å². The van der Waals surface area contributed by atoms with Crippen LogP contribution in [0.5, 0.6) is 17.2 Å². The predicted molar refractivity (Wildman–Crippen MR) is 111 cm³/mol. The van der Waals surface area contributed by atoms with Crippen LogP contribution in [0.2, 0.25) is 0 Å². The maximum Gasteiger partial charge on any atom is 0.277 e. The molecule has 0 aliphatic rings. The van der Waals surface area contributed by atoms with Crippen LogP contribution in [0.3, 0.4) is 0 Å². The van der Waals surface area contributed by atoms with E-state index in [9.17, 15) is 9.18 Å². The van der Waals surface area contributed by atoms with E-state index >= 15 is 0 Å². The molecule has 0 atom stereocenters. The second-order valence-electron chi connectivity index (χ2n) is 6.20. The van der Waals surface area contributed by atoms with Crippen molar-refractivity contribution in [1.82, 2.24) is 5.43 Å². The Labute approximate surface area is 173 Å². The molecule has 154 valence electrons. The number of benzene rings is 3. The van der Waals surface area contributed by atoms with E-state index < -0.39 is 11.7 Å². The molecule has 0 aromatic heterocycles. The summed E-state index contributed by atoms with van der Waals surface area (Å²) in [6.07, 6.45) is 1.46. The van der Waals surface area contributed by atoms with Crippen LogP contribution in [0.15, 0.2) is 77.9 Å². The summed E-state index contributed by atoms with van der Waals surface area (Å²) < 4.78 is 29.8. The van der Waals surface area contributed by atoms with Crippen molar-refractivity contribution in [1.29, 1.82) is 0 Å². The van der Waals surface area contributed by atoms with Crippen molar-refractivity contribution in [3.63, 3.8) is 0 Å². The van der Waals surface area contributed by atoms with Gasteiger partial charge in [-0.25, -0.2) is 9.82 Å². The first-order chi connectivity index (χ1) is 14.7. The van der Waals surface area contributed by atoms with E-state index in [4.69, 9.17) is 14.2 Å². The summed E-state index contributed by atoms with van der Waals surface area (Å²) in [5, 5.41) is 3.88. The normalized spacial score (nSPS) is 10.6. The SMILES string of the molecule is COc1cc(/C=N\NC(=O)COc2ccccc2F)ccc1OCc1ccccc1. The number of rotatable bonds is 9. The minimum Gasteiger partial charge on any atom is -0.493 e. The fourth-order valence-corrected chi connectivity index (χ4v) is 2.54. The third kappa shape index (κ3) is 6.07. The highest BCUT2D eigenvalue weighted by Crippen LogP contribution is 2.28. The summed E-state index contributed by atoms with van der Waals surface area (Å²) in [5.74, 6) is 0.108. The van der Waals surface area contributed by atoms with Crippen molar-refractivity contribution in [2.45, 2.75) is 6.61 Å². The second kappa shape index (κ2) is 10.6. The van der Waals surface area contributed by atoms with Crippen LogP contribution in [0, 0.1) is 5.82 Å². The summed E-state index contributed by atoms with van der Waals surface area (Å²) in [7, 11) is 1.55. The number of ether oxygens (including phenoxy) is 3. The third-order valence-electron chi connectivity index (χ3n) is 4.02. The number of halogens is 1. The first-order valence-corrected chi connectivity index (χ1v) is 9.19. The molecule has 7 heteroatoms. The molecule has 0 spiro atoms. The van der Waals surface area contributed by atoms with Gasteiger partial charge in [0.1, 0.15) is 6.61 Å². The predicted octanol–water partition coefficient (Wildman–Crippen LogP) is 3.94. The number of nitrogens with zero attached hydrogens (tertiary/aromatic N) is 1. The van der Waals surface area contributed by atoms with E-state index in [0.717, 1.165) is 5.56 Å². The number of hydrogen-bond acceptors (Lipinski definition) is 5. The molecule has 3 aromatic carbocycles. The first kappa shape index (κ1) is 20.9. The minimum absolute atomic E-state index is 0.00691. The molecule has 0 heterocycles. The Hall–Kier alpha value is -3.87. The second-order valence-corrected chi connectivity index (χ2v) is 6.20. The monoisotopic (exact) mass is 408 g/mol. The van der Waals surface area contributed by atoms with E-state index in [0.29, 0.717) is 23.7 Å². The molecule has 1 N–H and O–H groups in total. The van der Waals surface area contributed by atoms with Gasteiger partial charge in [-0.15, -0.1) is 0 Å². The molecular weight excluding hydrogens is 387 g/mol. The Morgan fingerprint density at radius 3 is 2.50 bits per heavy atom. The number of para-hydroxylation sites is 1. The number of carbonyl (C=O) groups is 1. The lowest BCUT2D eigenvalue weighted by Crippen LogP contribution is -2.24. The lowest BCUT2D eigenvalue weighted by atomic mass is 10.2. The van der Waals surface area contributed by atoms with E-state index in [1.165, 1.54) is 18.3 Å². The van der Waals surface area contributed by atoms with Crippen molar-refractivity contribution >= 4 is 12.1 Å². The summed E-state index contributed by atoms with van der Waals surface area (Å²) in [5.41, 5.74) is 4.08. The molecule has 0 saturated heterocycles. The lowest BCUT2D eigenvalue weighted by Gasteiger charge is -2.11.